The lowest BCUT2D eigenvalue weighted by molar-refractivity contribution is -0.126. The van der Waals surface area contributed by atoms with Crippen molar-refractivity contribution in [3.05, 3.63) is 95.3 Å². The Balaban J connectivity index is 1.52. The van der Waals surface area contributed by atoms with E-state index in [1.54, 1.807) is 24.1 Å². The number of nitrogens with zero attached hydrogens (tertiary/aromatic N) is 2. The number of esters is 1. The molecule has 3 aromatic rings. The number of ether oxygens (including phenoxy) is 1. The van der Waals surface area contributed by atoms with E-state index in [0.29, 0.717) is 16.8 Å². The normalized spacial score (nSPS) is 21.4. The van der Waals surface area contributed by atoms with E-state index in [-0.39, 0.29) is 6.61 Å². The highest BCUT2D eigenvalue weighted by Gasteiger charge is 2.60. The van der Waals surface area contributed by atoms with Crippen molar-refractivity contribution < 1.29 is 28.3 Å². The van der Waals surface area contributed by atoms with E-state index in [0.717, 1.165) is 16.2 Å². The number of halogens is 1. The zero-order valence-electron chi connectivity index (χ0n) is 19.2. The van der Waals surface area contributed by atoms with Crippen LogP contribution in [0.5, 0.6) is 0 Å². The zero-order valence-corrected chi connectivity index (χ0v) is 19.2. The van der Waals surface area contributed by atoms with Gasteiger partial charge >= 0.3 is 5.97 Å². The van der Waals surface area contributed by atoms with Crippen LogP contribution in [0.3, 0.4) is 0 Å². The van der Waals surface area contributed by atoms with Gasteiger partial charge in [0.15, 0.2) is 6.10 Å². The fraction of sp³-hybridized carbons (Fsp3) is 0.222. The maximum absolute atomic E-state index is 13.7. The number of fused-ring (bicyclic) bond motifs is 1. The Morgan fingerprint density at radius 3 is 2.31 bits per heavy atom. The SMILES string of the molecule is CCOC(=O)c1ccc(N2C(=O)[C@H]3[C@@H](c4ccc(F)cc4)N(c4ccccc4C)O[C@H]3C2=O)cc1. The van der Waals surface area contributed by atoms with Gasteiger partial charge in [0, 0.05) is 0 Å². The number of carbonyl (C=O) groups excluding carboxylic acids is 3. The average molecular weight is 474 g/mol. The van der Waals surface area contributed by atoms with Crippen LogP contribution in [0, 0.1) is 18.7 Å². The van der Waals surface area contributed by atoms with Gasteiger partial charge in [0.05, 0.1) is 29.6 Å². The number of benzene rings is 3. The molecule has 3 aromatic carbocycles. The van der Waals surface area contributed by atoms with E-state index in [4.69, 9.17) is 9.57 Å². The molecule has 0 radical (unpaired) electrons. The van der Waals surface area contributed by atoms with E-state index in [1.165, 1.54) is 36.4 Å². The molecule has 0 saturated carbocycles. The maximum atomic E-state index is 13.7. The molecule has 2 saturated heterocycles. The average Bonchev–Trinajstić information content (AvgIpc) is 3.36. The number of amides is 2. The Labute approximate surface area is 201 Å². The third kappa shape index (κ3) is 3.85. The van der Waals surface area contributed by atoms with Gasteiger partial charge in [-0.15, -0.1) is 0 Å². The third-order valence-corrected chi connectivity index (χ3v) is 6.32. The van der Waals surface area contributed by atoms with Crippen LogP contribution in [0.25, 0.3) is 0 Å². The molecule has 35 heavy (non-hydrogen) atoms. The second-order valence-electron chi connectivity index (χ2n) is 8.44. The van der Waals surface area contributed by atoms with Crippen molar-refractivity contribution in [3.8, 4) is 0 Å². The summed E-state index contributed by atoms with van der Waals surface area (Å²) < 4.78 is 18.7. The summed E-state index contributed by atoms with van der Waals surface area (Å²) in [6.07, 6.45) is -1.04. The molecule has 0 N–H and O–H groups in total. The van der Waals surface area contributed by atoms with Crippen molar-refractivity contribution in [2.45, 2.75) is 26.0 Å². The summed E-state index contributed by atoms with van der Waals surface area (Å²) in [5.41, 5.74) is 2.95. The quantitative estimate of drug-likeness (QED) is 0.404. The number of hydrogen-bond donors (Lipinski definition) is 0. The number of hydroxylamine groups is 1. The van der Waals surface area contributed by atoms with Crippen molar-refractivity contribution in [3.63, 3.8) is 0 Å². The first kappa shape index (κ1) is 22.7. The maximum Gasteiger partial charge on any atom is 0.338 e. The molecule has 0 spiro atoms. The van der Waals surface area contributed by atoms with Gasteiger partial charge in [-0.3, -0.25) is 14.4 Å². The van der Waals surface area contributed by atoms with Crippen molar-refractivity contribution in [1.29, 1.82) is 0 Å². The molecule has 0 aromatic heterocycles. The molecule has 2 heterocycles. The lowest BCUT2D eigenvalue weighted by Gasteiger charge is -2.29. The molecule has 0 unspecified atom stereocenters. The first-order chi connectivity index (χ1) is 16.9. The van der Waals surface area contributed by atoms with Gasteiger partial charge in [-0.1, -0.05) is 30.3 Å². The van der Waals surface area contributed by atoms with Gasteiger partial charge in [-0.05, 0) is 67.4 Å². The number of rotatable bonds is 5. The number of hydrogen-bond acceptors (Lipinski definition) is 6. The molecule has 2 aliphatic rings. The highest BCUT2D eigenvalue weighted by Crippen LogP contribution is 2.48. The lowest BCUT2D eigenvalue weighted by Crippen LogP contribution is -2.37. The highest BCUT2D eigenvalue weighted by atomic mass is 19.1. The van der Waals surface area contributed by atoms with Crippen LogP contribution in [0.2, 0.25) is 0 Å². The molecule has 0 bridgehead atoms. The Morgan fingerprint density at radius 2 is 1.66 bits per heavy atom. The first-order valence-corrected chi connectivity index (χ1v) is 11.3. The Hall–Kier alpha value is -4.04. The van der Waals surface area contributed by atoms with Crippen molar-refractivity contribution in [1.82, 2.24) is 0 Å². The van der Waals surface area contributed by atoms with E-state index >= 15 is 0 Å². The van der Waals surface area contributed by atoms with E-state index in [9.17, 15) is 18.8 Å². The molecular weight excluding hydrogens is 451 g/mol. The highest BCUT2D eigenvalue weighted by molar-refractivity contribution is 6.24. The number of para-hydroxylation sites is 1. The molecule has 8 heteroatoms. The second kappa shape index (κ2) is 8.96. The smallest absolute Gasteiger partial charge is 0.338 e. The van der Waals surface area contributed by atoms with Gasteiger partial charge < -0.3 is 4.74 Å². The standard InChI is InChI=1S/C27H23FN2O5/c1-3-34-27(33)18-10-14-20(15-11-18)29-25(31)22-23(17-8-12-19(28)13-9-17)30(35-24(22)26(29)32)21-7-5-4-6-16(21)2/h4-15,22-24H,3H2,1-2H3/t22-,23+,24+/m0/s1. The Morgan fingerprint density at radius 1 is 0.971 bits per heavy atom. The fourth-order valence-electron chi connectivity index (χ4n) is 4.65. The van der Waals surface area contributed by atoms with E-state index in [2.05, 4.69) is 0 Å². The summed E-state index contributed by atoms with van der Waals surface area (Å²) in [6.45, 7) is 3.87. The topological polar surface area (TPSA) is 76.2 Å². The van der Waals surface area contributed by atoms with E-state index in [1.807, 2.05) is 31.2 Å². The number of carbonyl (C=O) groups is 3. The van der Waals surface area contributed by atoms with Crippen LogP contribution in [-0.2, 0) is 19.2 Å². The van der Waals surface area contributed by atoms with Gasteiger partial charge in [0.1, 0.15) is 11.7 Å². The minimum atomic E-state index is -1.04. The van der Waals surface area contributed by atoms with Crippen LogP contribution < -0.4 is 9.96 Å². The van der Waals surface area contributed by atoms with Gasteiger partial charge in [0.2, 0.25) is 5.91 Å². The van der Waals surface area contributed by atoms with Crippen molar-refractivity contribution in [2.24, 2.45) is 5.92 Å². The summed E-state index contributed by atoms with van der Waals surface area (Å²) in [6, 6.07) is 18.8. The summed E-state index contributed by atoms with van der Waals surface area (Å²) in [5.74, 6) is -2.63. The van der Waals surface area contributed by atoms with Crippen molar-refractivity contribution >= 4 is 29.2 Å². The number of aryl methyl sites for hydroxylation is 1. The molecule has 2 amide bonds. The van der Waals surface area contributed by atoms with Crippen LogP contribution in [0.15, 0.2) is 72.8 Å². The minimum Gasteiger partial charge on any atom is -0.462 e. The van der Waals surface area contributed by atoms with Crippen LogP contribution in [0.4, 0.5) is 15.8 Å². The molecule has 2 aliphatic heterocycles. The predicted octanol–water partition coefficient (Wildman–Crippen LogP) is 4.36. The minimum absolute atomic E-state index is 0.243. The Bertz CT molecular complexity index is 1290. The summed E-state index contributed by atoms with van der Waals surface area (Å²) in [4.78, 5) is 46.3. The largest absolute Gasteiger partial charge is 0.462 e. The lowest BCUT2D eigenvalue weighted by atomic mass is 9.90. The summed E-state index contributed by atoms with van der Waals surface area (Å²) in [5, 5.41) is 1.59. The van der Waals surface area contributed by atoms with Gasteiger partial charge in [0.25, 0.3) is 5.91 Å². The summed E-state index contributed by atoms with van der Waals surface area (Å²) in [7, 11) is 0. The van der Waals surface area contributed by atoms with Crippen molar-refractivity contribution in [2.75, 3.05) is 16.6 Å². The molecule has 3 atom stereocenters. The predicted molar refractivity (Wildman–Crippen MR) is 126 cm³/mol. The van der Waals surface area contributed by atoms with E-state index < -0.39 is 41.7 Å². The van der Waals surface area contributed by atoms with Crippen LogP contribution in [0.1, 0.15) is 34.5 Å². The Kier molecular flexibility index (Phi) is 5.82. The molecule has 7 nitrogen and oxygen atoms in total. The molecular formula is C27H23FN2O5. The van der Waals surface area contributed by atoms with Crippen LogP contribution >= 0.6 is 0 Å². The molecule has 5 rings (SSSR count). The number of imide groups is 1. The monoisotopic (exact) mass is 474 g/mol. The molecule has 2 fully saturated rings. The third-order valence-electron chi connectivity index (χ3n) is 6.32. The number of anilines is 2. The zero-order chi connectivity index (χ0) is 24.7. The second-order valence-corrected chi connectivity index (χ2v) is 8.44. The summed E-state index contributed by atoms with van der Waals surface area (Å²) >= 11 is 0. The molecule has 0 aliphatic carbocycles. The fourth-order valence-corrected chi connectivity index (χ4v) is 4.65. The van der Waals surface area contributed by atoms with Gasteiger partial charge in [-0.25, -0.2) is 19.1 Å². The van der Waals surface area contributed by atoms with Gasteiger partial charge in [-0.2, -0.15) is 0 Å². The molecule has 178 valence electrons. The first-order valence-electron chi connectivity index (χ1n) is 11.3. The van der Waals surface area contributed by atoms with Crippen LogP contribution in [-0.4, -0.2) is 30.5 Å².